The third-order valence-electron chi connectivity index (χ3n) is 3.13. The first-order chi connectivity index (χ1) is 6.27. The molecule has 0 saturated carbocycles. The lowest BCUT2D eigenvalue weighted by Gasteiger charge is -2.45. The van der Waals surface area contributed by atoms with Crippen LogP contribution in [0.4, 0.5) is 0 Å². The average molecular weight is 201 g/mol. The first kappa shape index (κ1) is 9.77. The molecule has 0 aromatic rings. The molecule has 1 N–H and O–H groups in total. The monoisotopic (exact) mass is 201 g/mol. The van der Waals surface area contributed by atoms with Crippen molar-refractivity contribution >= 4 is 12.6 Å². The Hall–Kier alpha value is 0.230. The van der Waals surface area contributed by atoms with Crippen LogP contribution in [0.15, 0.2) is 0 Å². The fourth-order valence-corrected chi connectivity index (χ4v) is 2.41. The molecule has 3 nitrogen and oxygen atoms in total. The van der Waals surface area contributed by atoms with Crippen LogP contribution in [0.3, 0.4) is 0 Å². The highest BCUT2D eigenvalue weighted by molar-refractivity contribution is 7.80. The van der Waals surface area contributed by atoms with Gasteiger partial charge in [-0.1, -0.05) is 0 Å². The van der Waals surface area contributed by atoms with Crippen molar-refractivity contribution < 1.29 is 0 Å². The van der Waals surface area contributed by atoms with Crippen molar-refractivity contribution in [2.45, 2.75) is 31.2 Å². The summed E-state index contributed by atoms with van der Waals surface area (Å²) in [5.74, 6) is 0. The fraction of sp³-hybridized carbons (Fsp3) is 1.00. The van der Waals surface area contributed by atoms with Crippen LogP contribution in [-0.4, -0.2) is 47.6 Å². The van der Waals surface area contributed by atoms with Crippen LogP contribution in [-0.2, 0) is 0 Å². The largest absolute Gasteiger partial charge is 0.304 e. The van der Waals surface area contributed by atoms with E-state index in [1.807, 2.05) is 0 Å². The van der Waals surface area contributed by atoms with Gasteiger partial charge in [-0.05, 0) is 26.3 Å². The van der Waals surface area contributed by atoms with Crippen molar-refractivity contribution in [1.82, 2.24) is 15.1 Å². The number of fused-ring (bicyclic) bond motifs is 1. The summed E-state index contributed by atoms with van der Waals surface area (Å²) in [7, 11) is 0. The van der Waals surface area contributed by atoms with E-state index >= 15 is 0 Å². The van der Waals surface area contributed by atoms with Crippen LogP contribution in [0, 0.1) is 0 Å². The van der Waals surface area contributed by atoms with Gasteiger partial charge < -0.3 is 5.32 Å². The molecule has 76 valence electrons. The quantitative estimate of drug-likeness (QED) is 0.604. The third kappa shape index (κ3) is 2.18. The Balaban J connectivity index is 1.91. The molecule has 0 aromatic carbocycles. The second kappa shape index (κ2) is 4.17. The van der Waals surface area contributed by atoms with Gasteiger partial charge in [0.15, 0.2) is 0 Å². The lowest BCUT2D eigenvalue weighted by atomic mass is 10.0. The lowest BCUT2D eigenvalue weighted by Crippen LogP contribution is -2.57. The minimum absolute atomic E-state index is 0.392. The highest BCUT2D eigenvalue weighted by Crippen LogP contribution is 2.20. The summed E-state index contributed by atoms with van der Waals surface area (Å²) in [4.78, 5) is 4.95. The van der Waals surface area contributed by atoms with Gasteiger partial charge in [0.2, 0.25) is 0 Å². The van der Waals surface area contributed by atoms with Gasteiger partial charge in [-0.2, -0.15) is 12.6 Å². The van der Waals surface area contributed by atoms with E-state index in [0.717, 1.165) is 19.4 Å². The van der Waals surface area contributed by atoms with Crippen molar-refractivity contribution in [3.8, 4) is 0 Å². The Bertz CT molecular complexity index is 174. The third-order valence-corrected chi connectivity index (χ3v) is 3.45. The molecular weight excluding hydrogens is 182 g/mol. The SMILES string of the molecule is CC(S)N1CCC2CCNCN2C1. The van der Waals surface area contributed by atoms with E-state index in [-0.39, 0.29) is 0 Å². The summed E-state index contributed by atoms with van der Waals surface area (Å²) in [5, 5.41) is 3.81. The minimum Gasteiger partial charge on any atom is -0.304 e. The number of hydrogen-bond acceptors (Lipinski definition) is 4. The second-order valence-electron chi connectivity index (χ2n) is 4.06. The van der Waals surface area contributed by atoms with Crippen LogP contribution in [0.1, 0.15) is 19.8 Å². The summed E-state index contributed by atoms with van der Waals surface area (Å²) in [6, 6.07) is 0.824. The molecule has 2 atom stereocenters. The van der Waals surface area contributed by atoms with Gasteiger partial charge in [-0.3, -0.25) is 9.80 Å². The molecule has 2 saturated heterocycles. The number of thiol groups is 1. The summed E-state index contributed by atoms with van der Waals surface area (Å²) in [6.07, 6.45) is 2.63. The second-order valence-corrected chi connectivity index (χ2v) is 4.81. The van der Waals surface area contributed by atoms with Gasteiger partial charge in [-0.15, -0.1) is 0 Å². The molecule has 2 aliphatic heterocycles. The molecule has 0 aliphatic carbocycles. The Kier molecular flexibility index (Phi) is 3.14. The molecule has 0 spiro atoms. The normalized spacial score (nSPS) is 34.2. The van der Waals surface area contributed by atoms with Crippen LogP contribution in [0.5, 0.6) is 0 Å². The highest BCUT2D eigenvalue weighted by Gasteiger charge is 2.29. The Morgan fingerprint density at radius 1 is 1.46 bits per heavy atom. The maximum absolute atomic E-state index is 4.48. The average Bonchev–Trinajstić information content (AvgIpc) is 2.17. The Labute approximate surface area is 85.9 Å². The molecule has 4 heteroatoms. The van der Waals surface area contributed by atoms with Gasteiger partial charge >= 0.3 is 0 Å². The minimum atomic E-state index is 0.392. The Morgan fingerprint density at radius 2 is 2.31 bits per heavy atom. The van der Waals surface area contributed by atoms with Crippen molar-refractivity contribution in [3.63, 3.8) is 0 Å². The molecule has 0 amide bonds. The van der Waals surface area contributed by atoms with Gasteiger partial charge in [0.05, 0.1) is 12.0 Å². The zero-order valence-corrected chi connectivity index (χ0v) is 9.13. The van der Waals surface area contributed by atoms with Gasteiger partial charge in [0.25, 0.3) is 0 Å². The maximum atomic E-state index is 4.48. The van der Waals surface area contributed by atoms with E-state index in [2.05, 4.69) is 34.7 Å². The van der Waals surface area contributed by atoms with Gasteiger partial charge in [0.1, 0.15) is 0 Å². The van der Waals surface area contributed by atoms with Crippen LogP contribution < -0.4 is 5.32 Å². The zero-order chi connectivity index (χ0) is 9.26. The first-order valence-electron chi connectivity index (χ1n) is 5.14. The lowest BCUT2D eigenvalue weighted by molar-refractivity contribution is 0.0103. The predicted octanol–water partition coefficient (Wildman–Crippen LogP) is 0.547. The standard InChI is InChI=1S/C9H19N3S/c1-8(13)11-5-3-9-2-4-10-6-12(9)7-11/h8-10,13H,2-7H2,1H3. The van der Waals surface area contributed by atoms with E-state index in [1.165, 1.54) is 25.9 Å². The smallest absolute Gasteiger partial charge is 0.0531 e. The van der Waals surface area contributed by atoms with E-state index in [1.54, 1.807) is 0 Å². The zero-order valence-electron chi connectivity index (χ0n) is 8.24. The van der Waals surface area contributed by atoms with Crippen molar-refractivity contribution in [1.29, 1.82) is 0 Å². The van der Waals surface area contributed by atoms with Crippen LogP contribution in [0.25, 0.3) is 0 Å². The number of nitrogens with zero attached hydrogens (tertiary/aromatic N) is 2. The Morgan fingerprint density at radius 3 is 3.08 bits per heavy atom. The van der Waals surface area contributed by atoms with Crippen molar-refractivity contribution in [2.24, 2.45) is 0 Å². The van der Waals surface area contributed by atoms with Crippen molar-refractivity contribution in [2.75, 3.05) is 26.4 Å². The molecule has 0 bridgehead atoms. The molecule has 0 aromatic heterocycles. The number of nitrogens with one attached hydrogen (secondary N) is 1. The number of rotatable bonds is 1. The molecule has 2 rings (SSSR count). The van der Waals surface area contributed by atoms with Crippen LogP contribution >= 0.6 is 12.6 Å². The number of hydrogen-bond donors (Lipinski definition) is 2. The summed E-state index contributed by atoms with van der Waals surface area (Å²) in [5.41, 5.74) is 0. The topological polar surface area (TPSA) is 18.5 Å². The molecule has 2 fully saturated rings. The first-order valence-corrected chi connectivity index (χ1v) is 5.66. The molecule has 0 radical (unpaired) electrons. The van der Waals surface area contributed by atoms with Crippen molar-refractivity contribution in [3.05, 3.63) is 0 Å². The van der Waals surface area contributed by atoms with Gasteiger partial charge in [0, 0.05) is 19.3 Å². The fourth-order valence-electron chi connectivity index (χ4n) is 2.22. The molecule has 13 heavy (non-hydrogen) atoms. The summed E-state index contributed by atoms with van der Waals surface area (Å²) in [6.45, 7) is 6.70. The molecular formula is C9H19N3S. The van der Waals surface area contributed by atoms with E-state index in [9.17, 15) is 0 Å². The van der Waals surface area contributed by atoms with Crippen LogP contribution in [0.2, 0.25) is 0 Å². The van der Waals surface area contributed by atoms with E-state index < -0.39 is 0 Å². The molecule has 2 heterocycles. The summed E-state index contributed by atoms with van der Waals surface area (Å²) < 4.78 is 0. The molecule has 2 aliphatic rings. The highest BCUT2D eigenvalue weighted by atomic mass is 32.1. The summed E-state index contributed by atoms with van der Waals surface area (Å²) >= 11 is 4.48. The molecule has 2 unspecified atom stereocenters. The van der Waals surface area contributed by atoms with E-state index in [4.69, 9.17) is 0 Å². The predicted molar refractivity (Wildman–Crippen MR) is 57.8 cm³/mol. The van der Waals surface area contributed by atoms with E-state index in [0.29, 0.717) is 5.37 Å². The van der Waals surface area contributed by atoms with Gasteiger partial charge in [-0.25, -0.2) is 0 Å². The maximum Gasteiger partial charge on any atom is 0.0531 e.